The van der Waals surface area contributed by atoms with Crippen molar-refractivity contribution < 1.29 is 9.59 Å². The molecule has 1 fully saturated rings. The summed E-state index contributed by atoms with van der Waals surface area (Å²) in [6.45, 7) is 1.47. The van der Waals surface area contributed by atoms with E-state index in [0.717, 1.165) is 12.8 Å². The molecule has 0 bridgehead atoms. The van der Waals surface area contributed by atoms with Crippen LogP contribution >= 0.6 is 0 Å². The van der Waals surface area contributed by atoms with E-state index in [-0.39, 0.29) is 5.78 Å². The molecule has 2 rings (SSSR count). The topological polar surface area (TPSA) is 82.0 Å². The van der Waals surface area contributed by atoms with E-state index in [1.807, 2.05) is 0 Å². The van der Waals surface area contributed by atoms with Gasteiger partial charge in [-0.3, -0.25) is 4.79 Å². The lowest BCUT2D eigenvalue weighted by molar-refractivity contribution is 0.101. The number of hydrogen-bond acceptors (Lipinski definition) is 3. The van der Waals surface area contributed by atoms with Crippen molar-refractivity contribution in [1.82, 2.24) is 5.32 Å². The van der Waals surface area contributed by atoms with Crippen LogP contribution in [-0.4, -0.2) is 17.4 Å². The van der Waals surface area contributed by atoms with Crippen LogP contribution < -0.4 is 10.6 Å². The van der Waals surface area contributed by atoms with Gasteiger partial charge in [-0.05, 0) is 44.7 Å². The minimum atomic E-state index is -0.748. The molecule has 0 aliphatic heterocycles. The maximum atomic E-state index is 12.0. The highest BCUT2D eigenvalue weighted by Gasteiger charge is 2.35. The first-order valence-corrected chi connectivity index (χ1v) is 6.66. The molecule has 1 aromatic rings. The Balaban J connectivity index is 2.03. The molecule has 1 aliphatic rings. The quantitative estimate of drug-likeness (QED) is 0.829. The number of benzene rings is 1. The molecule has 2 N–H and O–H groups in total. The van der Waals surface area contributed by atoms with Crippen molar-refractivity contribution in [3.8, 4) is 6.07 Å². The number of carbonyl (C=O) groups excluding carboxylic acids is 2. The molecule has 5 heteroatoms. The first kappa shape index (κ1) is 14.1. The molecule has 2 amide bonds. The lowest BCUT2D eigenvalue weighted by atomic mass is 10.0. The normalized spacial score (nSPS) is 16.2. The monoisotopic (exact) mass is 271 g/mol. The Hall–Kier alpha value is -2.35. The van der Waals surface area contributed by atoms with Crippen LogP contribution in [0.15, 0.2) is 24.3 Å². The summed E-state index contributed by atoms with van der Waals surface area (Å²) >= 11 is 0. The van der Waals surface area contributed by atoms with Crippen LogP contribution in [0.1, 0.15) is 43.0 Å². The lowest BCUT2D eigenvalue weighted by Gasteiger charge is -2.22. The molecule has 1 saturated carbocycles. The summed E-state index contributed by atoms with van der Waals surface area (Å²) in [7, 11) is 0. The Labute approximate surface area is 118 Å². The Morgan fingerprint density at radius 2 is 2.00 bits per heavy atom. The molecular formula is C15H17N3O2. The van der Waals surface area contributed by atoms with E-state index < -0.39 is 11.6 Å². The van der Waals surface area contributed by atoms with Crippen LogP contribution in [0.25, 0.3) is 0 Å². The van der Waals surface area contributed by atoms with Crippen LogP contribution in [-0.2, 0) is 0 Å². The van der Waals surface area contributed by atoms with E-state index in [1.54, 1.807) is 24.3 Å². The van der Waals surface area contributed by atoms with E-state index in [2.05, 4.69) is 16.7 Å². The molecule has 5 nitrogen and oxygen atoms in total. The summed E-state index contributed by atoms with van der Waals surface area (Å²) in [5.41, 5.74) is 0.336. The third kappa shape index (κ3) is 3.15. The highest BCUT2D eigenvalue weighted by molar-refractivity contribution is 5.96. The number of nitrogens with one attached hydrogen (secondary N) is 2. The van der Waals surface area contributed by atoms with Crippen LogP contribution in [0.2, 0.25) is 0 Å². The Morgan fingerprint density at radius 3 is 2.60 bits per heavy atom. The summed E-state index contributed by atoms with van der Waals surface area (Å²) < 4.78 is 0. The number of anilines is 1. The zero-order chi connectivity index (χ0) is 14.6. The number of nitriles is 1. The van der Waals surface area contributed by atoms with Gasteiger partial charge in [0.05, 0.1) is 6.07 Å². The van der Waals surface area contributed by atoms with Gasteiger partial charge in [0.1, 0.15) is 5.54 Å². The van der Waals surface area contributed by atoms with Crippen molar-refractivity contribution in [1.29, 1.82) is 5.26 Å². The fraction of sp³-hybridized carbons (Fsp3) is 0.400. The molecule has 0 heterocycles. The molecule has 0 atom stereocenters. The first-order chi connectivity index (χ1) is 9.54. The Kier molecular flexibility index (Phi) is 4.04. The summed E-state index contributed by atoms with van der Waals surface area (Å²) in [4.78, 5) is 23.2. The highest BCUT2D eigenvalue weighted by Crippen LogP contribution is 2.28. The zero-order valence-electron chi connectivity index (χ0n) is 11.4. The SMILES string of the molecule is CC(=O)c1cccc(NC(=O)NC2(C#N)CCCC2)c1. The van der Waals surface area contributed by atoms with Gasteiger partial charge in [0, 0.05) is 11.3 Å². The Bertz CT molecular complexity index is 569. The van der Waals surface area contributed by atoms with Crippen LogP contribution in [0.4, 0.5) is 10.5 Å². The largest absolute Gasteiger partial charge is 0.320 e. The van der Waals surface area contributed by atoms with Crippen molar-refractivity contribution in [2.75, 3.05) is 5.32 Å². The second-order valence-electron chi connectivity index (χ2n) is 5.12. The van der Waals surface area contributed by atoms with Crippen molar-refractivity contribution >= 4 is 17.5 Å². The average Bonchev–Trinajstić information content (AvgIpc) is 2.88. The average molecular weight is 271 g/mol. The second-order valence-corrected chi connectivity index (χ2v) is 5.12. The molecular weight excluding hydrogens is 254 g/mol. The molecule has 1 aliphatic carbocycles. The van der Waals surface area contributed by atoms with Crippen molar-refractivity contribution in [2.45, 2.75) is 38.1 Å². The highest BCUT2D eigenvalue weighted by atomic mass is 16.2. The van der Waals surface area contributed by atoms with Gasteiger partial charge in [-0.25, -0.2) is 4.79 Å². The lowest BCUT2D eigenvalue weighted by Crippen LogP contribution is -2.47. The maximum Gasteiger partial charge on any atom is 0.320 e. The number of amides is 2. The number of nitrogens with zero attached hydrogens (tertiary/aromatic N) is 1. The van der Waals surface area contributed by atoms with Gasteiger partial charge in [0.15, 0.2) is 5.78 Å². The number of ketones is 1. The summed E-state index contributed by atoms with van der Waals surface area (Å²) in [6.07, 6.45) is 3.27. The van der Waals surface area contributed by atoms with Crippen molar-refractivity contribution in [3.05, 3.63) is 29.8 Å². The van der Waals surface area contributed by atoms with Crippen LogP contribution in [0, 0.1) is 11.3 Å². The maximum absolute atomic E-state index is 12.0. The number of Topliss-reactive ketones (excluding diaryl/α,β-unsaturated/α-hetero) is 1. The smallest absolute Gasteiger partial charge is 0.319 e. The number of carbonyl (C=O) groups is 2. The summed E-state index contributed by atoms with van der Waals surface area (Å²) in [5.74, 6) is -0.0571. The van der Waals surface area contributed by atoms with Crippen LogP contribution in [0.5, 0.6) is 0 Å². The molecule has 104 valence electrons. The molecule has 0 unspecified atom stereocenters. The second kappa shape index (κ2) is 5.74. The van der Waals surface area contributed by atoms with Gasteiger partial charge < -0.3 is 10.6 Å². The van der Waals surface area contributed by atoms with E-state index in [9.17, 15) is 14.9 Å². The zero-order valence-corrected chi connectivity index (χ0v) is 11.4. The van der Waals surface area contributed by atoms with Gasteiger partial charge in [0.25, 0.3) is 0 Å². The third-order valence-corrected chi connectivity index (χ3v) is 3.55. The van der Waals surface area contributed by atoms with Crippen molar-refractivity contribution in [2.24, 2.45) is 0 Å². The van der Waals surface area contributed by atoms with E-state index in [0.29, 0.717) is 24.1 Å². The molecule has 0 spiro atoms. The minimum Gasteiger partial charge on any atom is -0.319 e. The van der Waals surface area contributed by atoms with E-state index in [1.165, 1.54) is 6.92 Å². The number of hydrogen-bond donors (Lipinski definition) is 2. The minimum absolute atomic E-state index is 0.0571. The Morgan fingerprint density at radius 1 is 1.30 bits per heavy atom. The van der Waals surface area contributed by atoms with E-state index >= 15 is 0 Å². The van der Waals surface area contributed by atoms with Crippen molar-refractivity contribution in [3.63, 3.8) is 0 Å². The van der Waals surface area contributed by atoms with Gasteiger partial charge in [-0.1, -0.05) is 12.1 Å². The molecule has 20 heavy (non-hydrogen) atoms. The number of rotatable bonds is 3. The fourth-order valence-electron chi connectivity index (χ4n) is 2.44. The summed E-state index contributed by atoms with van der Waals surface area (Å²) in [5, 5.41) is 14.6. The predicted octanol–water partition coefficient (Wildman–Crippen LogP) is 2.85. The molecule has 0 saturated heterocycles. The van der Waals surface area contributed by atoms with Gasteiger partial charge in [-0.2, -0.15) is 5.26 Å². The third-order valence-electron chi connectivity index (χ3n) is 3.55. The van der Waals surface area contributed by atoms with E-state index in [4.69, 9.17) is 0 Å². The van der Waals surface area contributed by atoms with Gasteiger partial charge in [-0.15, -0.1) is 0 Å². The van der Waals surface area contributed by atoms with Crippen LogP contribution in [0.3, 0.4) is 0 Å². The van der Waals surface area contributed by atoms with Gasteiger partial charge >= 0.3 is 6.03 Å². The molecule has 1 aromatic carbocycles. The standard InChI is InChI=1S/C15H17N3O2/c1-11(19)12-5-4-6-13(9-12)17-14(20)18-15(10-16)7-2-3-8-15/h4-6,9H,2-3,7-8H2,1H3,(H2,17,18,20). The fourth-order valence-corrected chi connectivity index (χ4v) is 2.44. The number of urea groups is 1. The molecule has 0 aromatic heterocycles. The molecule has 0 radical (unpaired) electrons. The predicted molar refractivity (Wildman–Crippen MR) is 75.4 cm³/mol. The summed E-state index contributed by atoms with van der Waals surface area (Å²) in [6, 6.07) is 8.52. The first-order valence-electron chi connectivity index (χ1n) is 6.66. The van der Waals surface area contributed by atoms with Gasteiger partial charge in [0.2, 0.25) is 0 Å².